The Labute approximate surface area is 128 Å². The summed E-state index contributed by atoms with van der Waals surface area (Å²) in [4.78, 5) is 16.3. The molecule has 2 aromatic rings. The Morgan fingerprint density at radius 2 is 2.24 bits per heavy atom. The Bertz CT molecular complexity index is 638. The van der Waals surface area contributed by atoms with Gasteiger partial charge in [-0.15, -0.1) is 11.3 Å². The molecule has 1 amide bonds. The van der Waals surface area contributed by atoms with Crippen LogP contribution < -0.4 is 15.8 Å². The first-order chi connectivity index (χ1) is 9.99. The Morgan fingerprint density at radius 3 is 2.81 bits per heavy atom. The highest BCUT2D eigenvalue weighted by molar-refractivity contribution is 7.09. The van der Waals surface area contributed by atoms with Crippen LogP contribution in [0, 0.1) is 6.92 Å². The maximum absolute atomic E-state index is 12.1. The van der Waals surface area contributed by atoms with Gasteiger partial charge in [-0.2, -0.15) is 0 Å². The lowest BCUT2D eigenvalue weighted by molar-refractivity contribution is 0.102. The van der Waals surface area contributed by atoms with E-state index in [0.29, 0.717) is 12.2 Å². The number of anilines is 1. The van der Waals surface area contributed by atoms with Crippen molar-refractivity contribution >= 4 is 22.9 Å². The lowest BCUT2D eigenvalue weighted by atomic mass is 10.2. The van der Waals surface area contributed by atoms with Gasteiger partial charge < -0.3 is 15.8 Å². The van der Waals surface area contributed by atoms with Gasteiger partial charge in [0.25, 0.3) is 5.91 Å². The standard InChI is InChI=1S/C15H19N3O2S/c1-9(2)20-11-4-5-12(10(3)6-11)18-15(19)13-8-21-14(7-16)17-13/h4-6,8-9H,7,16H2,1-3H3,(H,18,19). The van der Waals surface area contributed by atoms with E-state index in [4.69, 9.17) is 10.5 Å². The molecule has 0 radical (unpaired) electrons. The van der Waals surface area contributed by atoms with Crippen LogP contribution in [0.3, 0.4) is 0 Å². The second kappa shape index (κ2) is 6.69. The summed E-state index contributed by atoms with van der Waals surface area (Å²) >= 11 is 1.38. The Hall–Kier alpha value is -1.92. The molecular weight excluding hydrogens is 286 g/mol. The predicted octanol–water partition coefficient (Wildman–Crippen LogP) is 2.95. The van der Waals surface area contributed by atoms with E-state index in [1.165, 1.54) is 11.3 Å². The fraction of sp³-hybridized carbons (Fsp3) is 0.333. The van der Waals surface area contributed by atoms with Crippen molar-refractivity contribution in [2.45, 2.75) is 33.4 Å². The molecule has 1 aromatic carbocycles. The summed E-state index contributed by atoms with van der Waals surface area (Å²) in [6.45, 7) is 6.22. The van der Waals surface area contributed by atoms with Crippen LogP contribution in [-0.4, -0.2) is 17.0 Å². The topological polar surface area (TPSA) is 77.2 Å². The molecule has 1 heterocycles. The second-order valence-corrected chi connectivity index (χ2v) is 5.87. The lowest BCUT2D eigenvalue weighted by Gasteiger charge is -2.12. The fourth-order valence-electron chi connectivity index (χ4n) is 1.82. The highest BCUT2D eigenvalue weighted by atomic mass is 32.1. The number of rotatable bonds is 5. The zero-order valence-electron chi connectivity index (χ0n) is 12.3. The summed E-state index contributed by atoms with van der Waals surface area (Å²) in [6, 6.07) is 5.58. The zero-order valence-corrected chi connectivity index (χ0v) is 13.2. The molecule has 0 saturated heterocycles. The first-order valence-electron chi connectivity index (χ1n) is 6.72. The summed E-state index contributed by atoms with van der Waals surface area (Å²) < 4.78 is 5.62. The van der Waals surface area contributed by atoms with Crippen LogP contribution in [0.1, 0.15) is 34.9 Å². The quantitative estimate of drug-likeness (QED) is 0.890. The van der Waals surface area contributed by atoms with Crippen LogP contribution in [0.2, 0.25) is 0 Å². The molecule has 6 heteroatoms. The Balaban J connectivity index is 2.10. The third-order valence-corrected chi connectivity index (χ3v) is 3.65. The molecule has 21 heavy (non-hydrogen) atoms. The van der Waals surface area contributed by atoms with Crippen molar-refractivity contribution in [3.63, 3.8) is 0 Å². The van der Waals surface area contributed by atoms with Gasteiger partial charge >= 0.3 is 0 Å². The van der Waals surface area contributed by atoms with Crippen LogP contribution >= 0.6 is 11.3 Å². The Morgan fingerprint density at radius 1 is 1.48 bits per heavy atom. The van der Waals surface area contributed by atoms with Gasteiger partial charge in [-0.3, -0.25) is 4.79 Å². The van der Waals surface area contributed by atoms with Crippen LogP contribution in [-0.2, 0) is 6.54 Å². The van der Waals surface area contributed by atoms with Gasteiger partial charge in [0.05, 0.1) is 6.10 Å². The maximum atomic E-state index is 12.1. The third kappa shape index (κ3) is 4.03. The highest BCUT2D eigenvalue weighted by Gasteiger charge is 2.12. The summed E-state index contributed by atoms with van der Waals surface area (Å²) in [5.41, 5.74) is 7.58. The average molecular weight is 305 g/mol. The largest absolute Gasteiger partial charge is 0.491 e. The summed E-state index contributed by atoms with van der Waals surface area (Å²) in [5, 5.41) is 5.31. The van der Waals surface area contributed by atoms with E-state index < -0.39 is 0 Å². The van der Waals surface area contributed by atoms with Gasteiger partial charge in [-0.25, -0.2) is 4.98 Å². The number of benzene rings is 1. The van der Waals surface area contributed by atoms with Gasteiger partial charge in [-0.05, 0) is 44.5 Å². The van der Waals surface area contributed by atoms with Crippen LogP contribution in [0.4, 0.5) is 5.69 Å². The molecule has 5 nitrogen and oxygen atoms in total. The number of nitrogens with two attached hydrogens (primary N) is 1. The molecule has 112 valence electrons. The van der Waals surface area contributed by atoms with Crippen molar-refractivity contribution in [1.82, 2.24) is 4.98 Å². The van der Waals surface area contributed by atoms with Crippen molar-refractivity contribution in [2.24, 2.45) is 5.73 Å². The first-order valence-corrected chi connectivity index (χ1v) is 7.60. The van der Waals surface area contributed by atoms with Crippen LogP contribution in [0.15, 0.2) is 23.6 Å². The van der Waals surface area contributed by atoms with Crippen molar-refractivity contribution in [3.8, 4) is 5.75 Å². The summed E-state index contributed by atoms with van der Waals surface area (Å²) in [6.07, 6.45) is 0.120. The molecule has 2 rings (SSSR count). The number of aryl methyl sites for hydroxylation is 1. The number of thiazole rings is 1. The van der Waals surface area contributed by atoms with E-state index in [1.54, 1.807) is 5.38 Å². The van der Waals surface area contributed by atoms with Gasteiger partial charge in [0, 0.05) is 17.6 Å². The van der Waals surface area contributed by atoms with E-state index >= 15 is 0 Å². The summed E-state index contributed by atoms with van der Waals surface area (Å²) in [5.74, 6) is 0.561. The van der Waals surface area contributed by atoms with Crippen LogP contribution in [0.5, 0.6) is 5.75 Å². The summed E-state index contributed by atoms with van der Waals surface area (Å²) in [7, 11) is 0. The number of hydrogen-bond acceptors (Lipinski definition) is 5. The fourth-order valence-corrected chi connectivity index (χ4v) is 2.47. The molecule has 0 atom stereocenters. The second-order valence-electron chi connectivity index (χ2n) is 4.93. The SMILES string of the molecule is Cc1cc(OC(C)C)ccc1NC(=O)c1csc(CN)n1. The molecule has 0 aliphatic carbocycles. The number of ether oxygens (including phenoxy) is 1. The zero-order chi connectivity index (χ0) is 15.4. The molecule has 0 saturated carbocycles. The molecule has 0 fully saturated rings. The molecule has 0 spiro atoms. The first kappa shape index (κ1) is 15.5. The maximum Gasteiger partial charge on any atom is 0.275 e. The van der Waals surface area contributed by atoms with Crippen molar-refractivity contribution < 1.29 is 9.53 Å². The number of nitrogens with one attached hydrogen (secondary N) is 1. The minimum atomic E-state index is -0.230. The minimum Gasteiger partial charge on any atom is -0.491 e. The molecule has 0 aliphatic rings. The van der Waals surface area contributed by atoms with Crippen molar-refractivity contribution in [3.05, 3.63) is 39.8 Å². The normalized spacial score (nSPS) is 10.7. The van der Waals surface area contributed by atoms with Gasteiger partial charge in [0.15, 0.2) is 0 Å². The van der Waals surface area contributed by atoms with Crippen molar-refractivity contribution in [2.75, 3.05) is 5.32 Å². The van der Waals surface area contributed by atoms with E-state index in [2.05, 4.69) is 10.3 Å². The smallest absolute Gasteiger partial charge is 0.275 e. The number of hydrogen-bond donors (Lipinski definition) is 2. The number of carbonyl (C=O) groups is 1. The molecule has 0 bridgehead atoms. The highest BCUT2D eigenvalue weighted by Crippen LogP contribution is 2.23. The molecule has 0 unspecified atom stereocenters. The number of carbonyl (C=O) groups excluding carboxylic acids is 1. The van der Waals surface area contributed by atoms with E-state index in [0.717, 1.165) is 22.0 Å². The predicted molar refractivity (Wildman–Crippen MR) is 84.9 cm³/mol. The Kier molecular flexibility index (Phi) is 4.93. The number of aromatic nitrogens is 1. The third-order valence-electron chi connectivity index (χ3n) is 2.78. The van der Waals surface area contributed by atoms with Gasteiger partial charge in [0.2, 0.25) is 0 Å². The lowest BCUT2D eigenvalue weighted by Crippen LogP contribution is -2.14. The molecule has 1 aromatic heterocycles. The average Bonchev–Trinajstić information content (AvgIpc) is 2.90. The van der Waals surface area contributed by atoms with Crippen LogP contribution in [0.25, 0.3) is 0 Å². The number of amides is 1. The van der Waals surface area contributed by atoms with Gasteiger partial charge in [0.1, 0.15) is 16.5 Å². The van der Waals surface area contributed by atoms with E-state index in [9.17, 15) is 4.79 Å². The number of nitrogens with zero attached hydrogens (tertiary/aromatic N) is 1. The minimum absolute atomic E-state index is 0.120. The molecular formula is C15H19N3O2S. The monoisotopic (exact) mass is 305 g/mol. The van der Waals surface area contributed by atoms with Gasteiger partial charge in [-0.1, -0.05) is 0 Å². The molecule has 0 aliphatic heterocycles. The van der Waals surface area contributed by atoms with Crippen molar-refractivity contribution in [1.29, 1.82) is 0 Å². The molecule has 3 N–H and O–H groups in total. The van der Waals surface area contributed by atoms with E-state index in [1.807, 2.05) is 39.0 Å². The van der Waals surface area contributed by atoms with E-state index in [-0.39, 0.29) is 12.0 Å².